The minimum atomic E-state index is -0.995. The molecule has 1 atom stereocenters. The standard InChI is InChI=1S/C14H15N3O4S2/c1-7(21-11(18)5-9-6-23-8(2)16-9)13(20)17-14-10(12(15)19)3-4-22-14/h3-4,6-7H,5H2,1-2H3,(H2,15,19)(H,17,20)/t7-/m1/s1. The normalized spacial score (nSPS) is 11.7. The maximum Gasteiger partial charge on any atom is 0.312 e. The molecule has 2 aromatic heterocycles. The maximum absolute atomic E-state index is 12.0. The predicted molar refractivity (Wildman–Crippen MR) is 87.6 cm³/mol. The van der Waals surface area contributed by atoms with Gasteiger partial charge in [-0.1, -0.05) is 0 Å². The number of hydrogen-bond acceptors (Lipinski definition) is 7. The quantitative estimate of drug-likeness (QED) is 0.768. The van der Waals surface area contributed by atoms with Crippen molar-refractivity contribution in [2.24, 2.45) is 5.73 Å². The van der Waals surface area contributed by atoms with Crippen molar-refractivity contribution in [3.05, 3.63) is 33.1 Å². The number of thiazole rings is 1. The fraction of sp³-hybridized carbons (Fsp3) is 0.286. The van der Waals surface area contributed by atoms with Gasteiger partial charge in [0.25, 0.3) is 11.8 Å². The molecule has 0 aliphatic carbocycles. The Balaban J connectivity index is 1.90. The molecule has 0 aliphatic rings. The number of carbonyl (C=O) groups is 3. The maximum atomic E-state index is 12.0. The highest BCUT2D eigenvalue weighted by molar-refractivity contribution is 7.14. The van der Waals surface area contributed by atoms with E-state index in [0.717, 1.165) is 5.01 Å². The molecule has 2 heterocycles. The zero-order valence-electron chi connectivity index (χ0n) is 12.5. The molecule has 0 aliphatic heterocycles. The number of thiophene rings is 1. The molecule has 2 amide bonds. The lowest BCUT2D eigenvalue weighted by Gasteiger charge is -2.13. The molecule has 0 spiro atoms. The van der Waals surface area contributed by atoms with Crippen LogP contribution in [0, 0.1) is 6.92 Å². The van der Waals surface area contributed by atoms with E-state index in [1.165, 1.54) is 35.7 Å². The van der Waals surface area contributed by atoms with Crippen LogP contribution in [-0.4, -0.2) is 28.9 Å². The van der Waals surface area contributed by atoms with Crippen LogP contribution >= 0.6 is 22.7 Å². The molecule has 122 valence electrons. The van der Waals surface area contributed by atoms with Crippen LogP contribution in [0.3, 0.4) is 0 Å². The molecular formula is C14H15N3O4S2. The zero-order valence-corrected chi connectivity index (χ0v) is 14.1. The second-order valence-electron chi connectivity index (χ2n) is 4.68. The number of primary amides is 1. The molecule has 0 fully saturated rings. The summed E-state index contributed by atoms with van der Waals surface area (Å²) in [5, 5.41) is 7.13. The van der Waals surface area contributed by atoms with Crippen LogP contribution < -0.4 is 11.1 Å². The number of aryl methyl sites for hydroxylation is 1. The number of anilines is 1. The smallest absolute Gasteiger partial charge is 0.312 e. The van der Waals surface area contributed by atoms with Crippen LogP contribution in [0.15, 0.2) is 16.8 Å². The van der Waals surface area contributed by atoms with Crippen molar-refractivity contribution in [1.29, 1.82) is 0 Å². The topological polar surface area (TPSA) is 111 Å². The lowest BCUT2D eigenvalue weighted by Crippen LogP contribution is -2.31. The van der Waals surface area contributed by atoms with Crippen LogP contribution in [0.25, 0.3) is 0 Å². The third kappa shape index (κ3) is 4.60. The Hall–Kier alpha value is -2.26. The van der Waals surface area contributed by atoms with Crippen LogP contribution in [-0.2, 0) is 20.7 Å². The molecule has 0 bridgehead atoms. The van der Waals surface area contributed by atoms with Crippen molar-refractivity contribution in [2.75, 3.05) is 5.32 Å². The first-order chi connectivity index (χ1) is 10.9. The Morgan fingerprint density at radius 2 is 2.13 bits per heavy atom. The zero-order chi connectivity index (χ0) is 17.0. The van der Waals surface area contributed by atoms with Crippen LogP contribution in [0.4, 0.5) is 5.00 Å². The number of carbonyl (C=O) groups excluding carboxylic acids is 3. The highest BCUT2D eigenvalue weighted by Crippen LogP contribution is 2.23. The van der Waals surface area contributed by atoms with Crippen LogP contribution in [0.1, 0.15) is 28.0 Å². The third-order valence-corrected chi connectivity index (χ3v) is 4.49. The first-order valence-electron chi connectivity index (χ1n) is 6.65. The fourth-order valence-electron chi connectivity index (χ4n) is 1.74. The summed E-state index contributed by atoms with van der Waals surface area (Å²) >= 11 is 2.60. The Labute approximate surface area is 140 Å². The number of ether oxygens (including phenoxy) is 1. The predicted octanol–water partition coefficient (Wildman–Crippen LogP) is 1.72. The van der Waals surface area contributed by atoms with Gasteiger partial charge >= 0.3 is 5.97 Å². The monoisotopic (exact) mass is 353 g/mol. The van der Waals surface area contributed by atoms with Gasteiger partial charge in [-0.15, -0.1) is 22.7 Å². The summed E-state index contributed by atoms with van der Waals surface area (Å²) in [4.78, 5) is 39.2. The first kappa shape index (κ1) is 17.1. The van der Waals surface area contributed by atoms with Crippen molar-refractivity contribution in [3.8, 4) is 0 Å². The lowest BCUT2D eigenvalue weighted by molar-refractivity contribution is -0.152. The van der Waals surface area contributed by atoms with E-state index in [0.29, 0.717) is 10.7 Å². The number of hydrogen-bond donors (Lipinski definition) is 2. The van der Waals surface area contributed by atoms with Crippen molar-refractivity contribution >= 4 is 45.5 Å². The van der Waals surface area contributed by atoms with Gasteiger partial charge in [0.1, 0.15) is 5.00 Å². The average molecular weight is 353 g/mol. The molecule has 0 radical (unpaired) electrons. The molecular weight excluding hydrogens is 338 g/mol. The molecule has 23 heavy (non-hydrogen) atoms. The minimum Gasteiger partial charge on any atom is -0.452 e. The van der Waals surface area contributed by atoms with E-state index in [1.54, 1.807) is 10.8 Å². The Kier molecular flexibility index (Phi) is 5.45. The van der Waals surface area contributed by atoms with E-state index >= 15 is 0 Å². The van der Waals surface area contributed by atoms with Crippen LogP contribution in [0.2, 0.25) is 0 Å². The van der Waals surface area contributed by atoms with Gasteiger partial charge in [0.05, 0.1) is 22.7 Å². The number of nitrogens with zero attached hydrogens (tertiary/aromatic N) is 1. The minimum absolute atomic E-state index is 0.00744. The van der Waals surface area contributed by atoms with Gasteiger partial charge in [0.2, 0.25) is 0 Å². The van der Waals surface area contributed by atoms with E-state index in [4.69, 9.17) is 10.5 Å². The molecule has 7 nitrogen and oxygen atoms in total. The SMILES string of the molecule is Cc1nc(CC(=O)O[C@H](C)C(=O)Nc2sccc2C(N)=O)cs1. The number of aromatic nitrogens is 1. The number of nitrogens with one attached hydrogen (secondary N) is 1. The van der Waals surface area contributed by atoms with E-state index in [9.17, 15) is 14.4 Å². The summed E-state index contributed by atoms with van der Waals surface area (Å²) in [5.74, 6) is -1.71. The Morgan fingerprint density at radius 3 is 2.74 bits per heavy atom. The highest BCUT2D eigenvalue weighted by Gasteiger charge is 2.21. The second kappa shape index (κ2) is 7.34. The number of nitrogens with two attached hydrogens (primary N) is 1. The summed E-state index contributed by atoms with van der Waals surface area (Å²) in [7, 11) is 0. The number of rotatable bonds is 6. The summed E-state index contributed by atoms with van der Waals surface area (Å²) < 4.78 is 5.08. The van der Waals surface area contributed by atoms with Gasteiger partial charge in [0.15, 0.2) is 6.10 Å². The van der Waals surface area contributed by atoms with Gasteiger partial charge < -0.3 is 15.8 Å². The summed E-state index contributed by atoms with van der Waals surface area (Å²) in [6.45, 7) is 3.30. The molecule has 0 aromatic carbocycles. The molecule has 2 rings (SSSR count). The van der Waals surface area contributed by atoms with E-state index in [2.05, 4.69) is 10.3 Å². The van der Waals surface area contributed by atoms with Crippen molar-refractivity contribution < 1.29 is 19.1 Å². The van der Waals surface area contributed by atoms with E-state index in [1.807, 2.05) is 6.92 Å². The first-order valence-corrected chi connectivity index (χ1v) is 8.41. The summed E-state index contributed by atoms with van der Waals surface area (Å²) in [6.07, 6.45) is -0.988. The molecule has 0 unspecified atom stereocenters. The van der Waals surface area contributed by atoms with Crippen molar-refractivity contribution in [1.82, 2.24) is 4.98 Å². The van der Waals surface area contributed by atoms with Crippen molar-refractivity contribution in [2.45, 2.75) is 26.4 Å². The third-order valence-electron chi connectivity index (χ3n) is 2.84. The Bertz CT molecular complexity index is 738. The highest BCUT2D eigenvalue weighted by atomic mass is 32.1. The van der Waals surface area contributed by atoms with Gasteiger partial charge in [-0.3, -0.25) is 14.4 Å². The summed E-state index contributed by atoms with van der Waals surface area (Å²) in [5.41, 5.74) is 6.04. The average Bonchev–Trinajstić information content (AvgIpc) is 3.07. The van der Waals surface area contributed by atoms with Gasteiger partial charge in [-0.2, -0.15) is 0 Å². The van der Waals surface area contributed by atoms with Gasteiger partial charge in [0, 0.05) is 5.38 Å². The lowest BCUT2D eigenvalue weighted by atomic mass is 10.3. The second-order valence-corrected chi connectivity index (χ2v) is 6.66. The molecule has 2 aromatic rings. The van der Waals surface area contributed by atoms with E-state index < -0.39 is 23.9 Å². The van der Waals surface area contributed by atoms with Crippen molar-refractivity contribution in [3.63, 3.8) is 0 Å². The molecule has 3 N–H and O–H groups in total. The fourth-order valence-corrected chi connectivity index (χ4v) is 3.15. The molecule has 0 saturated carbocycles. The Morgan fingerprint density at radius 1 is 1.39 bits per heavy atom. The number of amides is 2. The van der Waals surface area contributed by atoms with Crippen LogP contribution in [0.5, 0.6) is 0 Å². The number of esters is 1. The largest absolute Gasteiger partial charge is 0.452 e. The summed E-state index contributed by atoms with van der Waals surface area (Å²) in [6, 6.07) is 1.52. The van der Waals surface area contributed by atoms with Gasteiger partial charge in [-0.05, 0) is 25.3 Å². The van der Waals surface area contributed by atoms with E-state index in [-0.39, 0.29) is 12.0 Å². The van der Waals surface area contributed by atoms with Gasteiger partial charge in [-0.25, -0.2) is 4.98 Å². The molecule has 0 saturated heterocycles. The molecule has 9 heteroatoms.